The molecule has 4 rings (SSSR count). The van der Waals surface area contributed by atoms with E-state index in [1.807, 2.05) is 55.5 Å². The van der Waals surface area contributed by atoms with Gasteiger partial charge in [0.1, 0.15) is 0 Å². The summed E-state index contributed by atoms with van der Waals surface area (Å²) in [5.74, 6) is 0.872. The zero-order chi connectivity index (χ0) is 22.3. The van der Waals surface area contributed by atoms with Crippen molar-refractivity contribution in [2.45, 2.75) is 50.2 Å². The van der Waals surface area contributed by atoms with Gasteiger partial charge in [0.15, 0.2) is 11.0 Å². The van der Waals surface area contributed by atoms with Gasteiger partial charge >= 0.3 is 0 Å². The molecule has 1 aromatic heterocycles. The second-order valence-corrected chi connectivity index (χ2v) is 9.29. The number of hydrazone groups is 1. The van der Waals surface area contributed by atoms with E-state index < -0.39 is 0 Å². The number of aromatic nitrogens is 3. The first-order valence-electron chi connectivity index (χ1n) is 10.8. The lowest BCUT2D eigenvalue weighted by Gasteiger charge is -2.25. The number of carbonyl (C=O) groups is 1. The molecule has 1 fully saturated rings. The molecule has 1 N–H and O–H groups in total. The third-order valence-corrected chi connectivity index (χ3v) is 6.82. The van der Waals surface area contributed by atoms with Crippen molar-refractivity contribution in [3.05, 3.63) is 64.7 Å². The maximum atomic E-state index is 12.4. The molecule has 0 spiro atoms. The first-order valence-corrected chi connectivity index (χ1v) is 12.2. The molecule has 0 radical (unpaired) electrons. The van der Waals surface area contributed by atoms with E-state index in [0.717, 1.165) is 40.5 Å². The van der Waals surface area contributed by atoms with Crippen LogP contribution in [0.1, 0.15) is 49.3 Å². The molecule has 6 nitrogen and oxygen atoms in total. The van der Waals surface area contributed by atoms with Crippen molar-refractivity contribution in [3.63, 3.8) is 0 Å². The predicted molar refractivity (Wildman–Crippen MR) is 130 cm³/mol. The first-order chi connectivity index (χ1) is 15.6. The van der Waals surface area contributed by atoms with Crippen molar-refractivity contribution in [3.8, 4) is 11.4 Å². The highest BCUT2D eigenvalue weighted by atomic mass is 35.5. The highest BCUT2D eigenvalue weighted by Gasteiger charge is 2.24. The first kappa shape index (κ1) is 22.6. The predicted octanol–water partition coefficient (Wildman–Crippen LogP) is 5.65. The standard InChI is InChI=1S/C24H26ClN5OS/c1-17-7-5-6-8-19(17)15-26-27-22(31)16-32-24-29-28-23(18-11-13-20(25)14-12-18)30(24)21-9-3-2-4-10-21/h5-8,11-15,21H,2-4,9-10,16H2,1H3,(H,27,31)/b26-15-. The van der Waals surface area contributed by atoms with Gasteiger partial charge in [-0.1, -0.05) is 66.9 Å². The molecule has 0 aliphatic heterocycles. The van der Waals surface area contributed by atoms with Gasteiger partial charge < -0.3 is 0 Å². The Labute approximate surface area is 197 Å². The van der Waals surface area contributed by atoms with Crippen LogP contribution in [0, 0.1) is 6.92 Å². The van der Waals surface area contributed by atoms with Crippen LogP contribution in [0.3, 0.4) is 0 Å². The highest BCUT2D eigenvalue weighted by molar-refractivity contribution is 7.99. The fourth-order valence-corrected chi connectivity index (χ4v) is 4.83. The number of hydrogen-bond acceptors (Lipinski definition) is 5. The van der Waals surface area contributed by atoms with Crippen molar-refractivity contribution in [1.29, 1.82) is 0 Å². The van der Waals surface area contributed by atoms with Gasteiger partial charge in [-0.15, -0.1) is 10.2 Å². The van der Waals surface area contributed by atoms with Gasteiger partial charge in [0.05, 0.1) is 12.0 Å². The molecule has 0 bridgehead atoms. The van der Waals surface area contributed by atoms with E-state index in [1.165, 1.54) is 31.0 Å². The summed E-state index contributed by atoms with van der Waals surface area (Å²) in [4.78, 5) is 12.4. The number of nitrogens with one attached hydrogen (secondary N) is 1. The molecule has 1 amide bonds. The Kier molecular flexibility index (Phi) is 7.60. The summed E-state index contributed by atoms with van der Waals surface area (Å²) in [6.07, 6.45) is 7.51. The molecule has 1 heterocycles. The van der Waals surface area contributed by atoms with E-state index in [1.54, 1.807) is 6.21 Å². The number of carbonyl (C=O) groups excluding carboxylic acids is 1. The van der Waals surface area contributed by atoms with Gasteiger partial charge in [-0.25, -0.2) is 5.43 Å². The number of aryl methyl sites for hydroxylation is 1. The Hall–Kier alpha value is -2.64. The summed E-state index contributed by atoms with van der Waals surface area (Å²) in [6, 6.07) is 15.9. The quantitative estimate of drug-likeness (QED) is 0.276. The minimum absolute atomic E-state index is 0.175. The van der Waals surface area contributed by atoms with Gasteiger partial charge in [0.25, 0.3) is 5.91 Å². The van der Waals surface area contributed by atoms with E-state index in [0.29, 0.717) is 11.1 Å². The number of benzene rings is 2. The average molecular weight is 468 g/mol. The number of nitrogens with zero attached hydrogens (tertiary/aromatic N) is 4. The largest absolute Gasteiger partial charge is 0.299 e. The molecule has 0 unspecified atom stereocenters. The van der Waals surface area contributed by atoms with Crippen LogP contribution in [0.4, 0.5) is 0 Å². The zero-order valence-corrected chi connectivity index (χ0v) is 19.6. The topological polar surface area (TPSA) is 72.2 Å². The van der Waals surface area contributed by atoms with E-state index in [9.17, 15) is 4.79 Å². The molecule has 0 atom stereocenters. The normalized spacial score (nSPS) is 14.7. The fraction of sp³-hybridized carbons (Fsp3) is 0.333. The van der Waals surface area contributed by atoms with Gasteiger partial charge in [-0.05, 0) is 55.2 Å². The van der Waals surface area contributed by atoms with Crippen molar-refractivity contribution in [2.75, 3.05) is 5.75 Å². The Balaban J connectivity index is 1.46. The molecule has 0 saturated heterocycles. The maximum Gasteiger partial charge on any atom is 0.250 e. The number of hydrogen-bond donors (Lipinski definition) is 1. The highest BCUT2D eigenvalue weighted by Crippen LogP contribution is 2.35. The van der Waals surface area contributed by atoms with Crippen LogP contribution in [0.15, 0.2) is 58.8 Å². The van der Waals surface area contributed by atoms with Crippen molar-refractivity contribution in [1.82, 2.24) is 20.2 Å². The molecule has 3 aromatic rings. The number of amides is 1. The molecule has 1 aliphatic carbocycles. The van der Waals surface area contributed by atoms with Gasteiger partial charge in [0.2, 0.25) is 0 Å². The summed E-state index contributed by atoms with van der Waals surface area (Å²) in [5.41, 5.74) is 5.67. The molecule has 166 valence electrons. The molecule has 1 saturated carbocycles. The summed E-state index contributed by atoms with van der Waals surface area (Å²) in [6.45, 7) is 2.01. The van der Waals surface area contributed by atoms with Crippen molar-refractivity contribution < 1.29 is 4.79 Å². The number of rotatable bonds is 7. The zero-order valence-electron chi connectivity index (χ0n) is 18.0. The molecule has 8 heteroatoms. The third-order valence-electron chi connectivity index (χ3n) is 5.62. The minimum atomic E-state index is -0.175. The van der Waals surface area contributed by atoms with E-state index in [4.69, 9.17) is 11.6 Å². The Morgan fingerprint density at radius 1 is 1.16 bits per heavy atom. The van der Waals surface area contributed by atoms with Crippen LogP contribution in [0.5, 0.6) is 0 Å². The smallest absolute Gasteiger partial charge is 0.250 e. The summed E-state index contributed by atoms with van der Waals surface area (Å²) < 4.78 is 2.21. The second kappa shape index (κ2) is 10.8. The number of thioether (sulfide) groups is 1. The average Bonchev–Trinajstić information content (AvgIpc) is 3.24. The molecule has 2 aromatic carbocycles. The molecule has 1 aliphatic rings. The monoisotopic (exact) mass is 467 g/mol. The SMILES string of the molecule is Cc1ccccc1/C=N\NC(=O)CSc1nnc(-c2ccc(Cl)cc2)n1C1CCCCC1. The Morgan fingerprint density at radius 2 is 1.91 bits per heavy atom. The Morgan fingerprint density at radius 3 is 2.66 bits per heavy atom. The third kappa shape index (κ3) is 5.58. The minimum Gasteiger partial charge on any atom is -0.299 e. The van der Waals surface area contributed by atoms with E-state index in [-0.39, 0.29) is 11.7 Å². The maximum absolute atomic E-state index is 12.4. The van der Waals surface area contributed by atoms with Gasteiger partial charge in [0, 0.05) is 16.6 Å². The summed E-state index contributed by atoms with van der Waals surface area (Å²) >= 11 is 7.46. The van der Waals surface area contributed by atoms with Gasteiger partial charge in [-0.2, -0.15) is 5.10 Å². The van der Waals surface area contributed by atoms with Gasteiger partial charge in [-0.3, -0.25) is 9.36 Å². The van der Waals surface area contributed by atoms with Crippen LogP contribution in [-0.2, 0) is 4.79 Å². The lowest BCUT2D eigenvalue weighted by Crippen LogP contribution is -2.20. The van der Waals surface area contributed by atoms with Crippen LogP contribution in [0.2, 0.25) is 5.02 Å². The van der Waals surface area contributed by atoms with Crippen molar-refractivity contribution >= 4 is 35.5 Å². The number of halogens is 1. The molecular weight excluding hydrogens is 442 g/mol. The fourth-order valence-electron chi connectivity index (χ4n) is 3.91. The second-order valence-electron chi connectivity index (χ2n) is 7.91. The molecule has 32 heavy (non-hydrogen) atoms. The molecular formula is C24H26ClN5OS. The van der Waals surface area contributed by atoms with Crippen LogP contribution >= 0.6 is 23.4 Å². The van der Waals surface area contributed by atoms with Crippen LogP contribution in [-0.4, -0.2) is 32.6 Å². The lowest BCUT2D eigenvalue weighted by molar-refractivity contribution is -0.118. The van der Waals surface area contributed by atoms with Crippen molar-refractivity contribution in [2.24, 2.45) is 5.10 Å². The van der Waals surface area contributed by atoms with Crippen LogP contribution in [0.25, 0.3) is 11.4 Å². The Bertz CT molecular complexity index is 1090. The summed E-state index contributed by atoms with van der Waals surface area (Å²) in [7, 11) is 0. The van der Waals surface area contributed by atoms with E-state index >= 15 is 0 Å². The van der Waals surface area contributed by atoms with E-state index in [2.05, 4.69) is 25.3 Å². The lowest BCUT2D eigenvalue weighted by atomic mass is 9.95. The van der Waals surface area contributed by atoms with Crippen LogP contribution < -0.4 is 5.43 Å². The summed E-state index contributed by atoms with van der Waals surface area (Å²) in [5, 5.41) is 14.4.